The van der Waals surface area contributed by atoms with Crippen molar-refractivity contribution in [3.05, 3.63) is 0 Å². The fourth-order valence-electron chi connectivity index (χ4n) is 1.60. The maximum atomic E-state index is 10.4. The smallest absolute Gasteiger partial charge is 0.303 e. The van der Waals surface area contributed by atoms with E-state index in [1.807, 2.05) is 0 Å². The average Bonchev–Trinajstić information content (AvgIpc) is 1.93. The van der Waals surface area contributed by atoms with Crippen molar-refractivity contribution in [1.29, 1.82) is 0 Å². The lowest BCUT2D eigenvalue weighted by atomic mass is 9.85. The van der Waals surface area contributed by atoms with Gasteiger partial charge < -0.3 is 10.4 Å². The standard InChI is InChI=1S/C8H15NO2/c1-6-5-9-3-2-7(6)4-8(10)11/h6-7,9H,2-5H2,1H3,(H,10,11)/t6-,7-/m1/s1. The van der Waals surface area contributed by atoms with Crippen LogP contribution in [0.2, 0.25) is 0 Å². The Balaban J connectivity index is 2.35. The zero-order valence-corrected chi connectivity index (χ0v) is 6.84. The van der Waals surface area contributed by atoms with Crippen molar-refractivity contribution in [2.24, 2.45) is 11.8 Å². The normalized spacial score (nSPS) is 31.7. The summed E-state index contributed by atoms with van der Waals surface area (Å²) < 4.78 is 0. The van der Waals surface area contributed by atoms with Crippen LogP contribution in [0.5, 0.6) is 0 Å². The zero-order chi connectivity index (χ0) is 8.27. The summed E-state index contributed by atoms with van der Waals surface area (Å²) in [5.74, 6) is 0.234. The van der Waals surface area contributed by atoms with Gasteiger partial charge in [-0.3, -0.25) is 4.79 Å². The summed E-state index contributed by atoms with van der Waals surface area (Å²) in [6.45, 7) is 4.06. The first kappa shape index (κ1) is 8.53. The van der Waals surface area contributed by atoms with E-state index in [9.17, 15) is 4.79 Å². The molecule has 0 aromatic rings. The summed E-state index contributed by atoms with van der Waals surface area (Å²) in [4.78, 5) is 10.4. The first-order valence-corrected chi connectivity index (χ1v) is 4.12. The summed E-state index contributed by atoms with van der Waals surface area (Å²) in [5.41, 5.74) is 0. The Bertz CT molecular complexity index is 147. The molecular formula is C8H15NO2. The number of aliphatic carboxylic acids is 1. The molecule has 0 amide bonds. The molecule has 2 N–H and O–H groups in total. The molecule has 1 fully saturated rings. The molecule has 0 aromatic heterocycles. The molecule has 0 spiro atoms. The number of nitrogens with one attached hydrogen (secondary N) is 1. The van der Waals surface area contributed by atoms with E-state index in [0.29, 0.717) is 18.3 Å². The molecule has 11 heavy (non-hydrogen) atoms. The molecule has 1 saturated heterocycles. The first-order chi connectivity index (χ1) is 5.20. The van der Waals surface area contributed by atoms with E-state index in [1.54, 1.807) is 0 Å². The maximum absolute atomic E-state index is 10.4. The van der Waals surface area contributed by atoms with Crippen molar-refractivity contribution in [3.63, 3.8) is 0 Å². The van der Waals surface area contributed by atoms with Gasteiger partial charge in [-0.25, -0.2) is 0 Å². The van der Waals surface area contributed by atoms with Gasteiger partial charge in [0.15, 0.2) is 0 Å². The fourth-order valence-corrected chi connectivity index (χ4v) is 1.60. The number of hydrogen-bond donors (Lipinski definition) is 2. The number of rotatable bonds is 2. The highest BCUT2D eigenvalue weighted by molar-refractivity contribution is 5.67. The highest BCUT2D eigenvalue weighted by Gasteiger charge is 2.22. The first-order valence-electron chi connectivity index (χ1n) is 4.12. The van der Waals surface area contributed by atoms with E-state index in [-0.39, 0.29) is 0 Å². The number of carboxylic acids is 1. The third kappa shape index (κ3) is 2.50. The molecule has 3 heteroatoms. The third-order valence-electron chi connectivity index (χ3n) is 2.40. The maximum Gasteiger partial charge on any atom is 0.303 e. The van der Waals surface area contributed by atoms with Gasteiger partial charge in [0.2, 0.25) is 0 Å². The molecule has 3 nitrogen and oxygen atoms in total. The molecule has 1 aliphatic heterocycles. The number of carboxylic acid groups (broad SMARTS) is 1. The number of piperidine rings is 1. The number of hydrogen-bond acceptors (Lipinski definition) is 2. The Kier molecular flexibility index (Phi) is 2.88. The van der Waals surface area contributed by atoms with Crippen LogP contribution in [0.3, 0.4) is 0 Å². The summed E-state index contributed by atoms with van der Waals surface area (Å²) in [7, 11) is 0. The van der Waals surface area contributed by atoms with Gasteiger partial charge in [-0.15, -0.1) is 0 Å². The average molecular weight is 157 g/mol. The van der Waals surface area contributed by atoms with Crippen LogP contribution in [-0.2, 0) is 4.79 Å². The van der Waals surface area contributed by atoms with Gasteiger partial charge in [-0.2, -0.15) is 0 Å². The second-order valence-electron chi connectivity index (χ2n) is 3.33. The molecule has 0 radical (unpaired) electrons. The zero-order valence-electron chi connectivity index (χ0n) is 6.84. The highest BCUT2D eigenvalue weighted by Crippen LogP contribution is 2.21. The molecule has 2 atom stereocenters. The van der Waals surface area contributed by atoms with Crippen molar-refractivity contribution in [2.75, 3.05) is 13.1 Å². The lowest BCUT2D eigenvalue weighted by Crippen LogP contribution is -2.35. The van der Waals surface area contributed by atoms with Gasteiger partial charge in [0, 0.05) is 6.42 Å². The minimum absolute atomic E-state index is 0.336. The van der Waals surface area contributed by atoms with Crippen molar-refractivity contribution in [1.82, 2.24) is 5.32 Å². The van der Waals surface area contributed by atoms with Crippen LogP contribution in [0, 0.1) is 11.8 Å². The Labute approximate surface area is 66.8 Å². The van der Waals surface area contributed by atoms with E-state index in [2.05, 4.69) is 12.2 Å². The third-order valence-corrected chi connectivity index (χ3v) is 2.40. The summed E-state index contributed by atoms with van der Waals surface area (Å²) in [6, 6.07) is 0. The lowest BCUT2D eigenvalue weighted by molar-refractivity contribution is -0.138. The van der Waals surface area contributed by atoms with Crippen LogP contribution >= 0.6 is 0 Å². The molecule has 0 aliphatic carbocycles. The van der Waals surface area contributed by atoms with Gasteiger partial charge in [0.1, 0.15) is 0 Å². The SMILES string of the molecule is C[C@@H]1CNCC[C@@H]1CC(=O)O. The molecule has 0 saturated carbocycles. The lowest BCUT2D eigenvalue weighted by Gasteiger charge is -2.28. The van der Waals surface area contributed by atoms with Crippen LogP contribution in [0.15, 0.2) is 0 Å². The molecule has 0 aromatic carbocycles. The minimum atomic E-state index is -0.663. The van der Waals surface area contributed by atoms with Crippen molar-refractivity contribution < 1.29 is 9.90 Å². The quantitative estimate of drug-likeness (QED) is 0.620. The van der Waals surface area contributed by atoms with Crippen molar-refractivity contribution in [3.8, 4) is 0 Å². The predicted octanol–water partition coefficient (Wildman–Crippen LogP) is 0.707. The van der Waals surface area contributed by atoms with E-state index < -0.39 is 5.97 Å². The van der Waals surface area contributed by atoms with Crippen LogP contribution in [0.1, 0.15) is 19.8 Å². The molecule has 1 aliphatic rings. The topological polar surface area (TPSA) is 49.3 Å². The monoisotopic (exact) mass is 157 g/mol. The van der Waals surface area contributed by atoms with Crippen LogP contribution < -0.4 is 5.32 Å². The fraction of sp³-hybridized carbons (Fsp3) is 0.875. The molecule has 1 rings (SSSR count). The van der Waals surface area contributed by atoms with E-state index >= 15 is 0 Å². The van der Waals surface area contributed by atoms with Crippen LogP contribution in [0.25, 0.3) is 0 Å². The van der Waals surface area contributed by atoms with Crippen molar-refractivity contribution in [2.45, 2.75) is 19.8 Å². The minimum Gasteiger partial charge on any atom is -0.481 e. The Morgan fingerprint density at radius 3 is 3.00 bits per heavy atom. The van der Waals surface area contributed by atoms with Gasteiger partial charge in [0.25, 0.3) is 0 Å². The highest BCUT2D eigenvalue weighted by atomic mass is 16.4. The van der Waals surface area contributed by atoms with Gasteiger partial charge >= 0.3 is 5.97 Å². The van der Waals surface area contributed by atoms with Gasteiger partial charge in [-0.05, 0) is 31.3 Å². The van der Waals surface area contributed by atoms with Crippen LogP contribution in [0.4, 0.5) is 0 Å². The summed E-state index contributed by atoms with van der Waals surface area (Å²) >= 11 is 0. The Morgan fingerprint density at radius 1 is 1.73 bits per heavy atom. The van der Waals surface area contributed by atoms with Gasteiger partial charge in [0.05, 0.1) is 0 Å². The molecule has 64 valence electrons. The molecule has 1 heterocycles. The Morgan fingerprint density at radius 2 is 2.45 bits per heavy atom. The van der Waals surface area contributed by atoms with Crippen LogP contribution in [-0.4, -0.2) is 24.2 Å². The summed E-state index contributed by atoms with van der Waals surface area (Å²) in [6.07, 6.45) is 1.34. The van der Waals surface area contributed by atoms with Crippen molar-refractivity contribution >= 4 is 5.97 Å². The molecule has 0 unspecified atom stereocenters. The summed E-state index contributed by atoms with van der Waals surface area (Å²) in [5, 5.41) is 11.8. The Hall–Kier alpha value is -0.570. The molecule has 0 bridgehead atoms. The van der Waals surface area contributed by atoms with E-state index in [1.165, 1.54) is 0 Å². The van der Waals surface area contributed by atoms with E-state index in [4.69, 9.17) is 5.11 Å². The second kappa shape index (κ2) is 3.72. The molecular weight excluding hydrogens is 142 g/mol. The largest absolute Gasteiger partial charge is 0.481 e. The van der Waals surface area contributed by atoms with E-state index in [0.717, 1.165) is 19.5 Å². The second-order valence-corrected chi connectivity index (χ2v) is 3.33. The number of carbonyl (C=O) groups is 1. The predicted molar refractivity (Wildman–Crippen MR) is 42.4 cm³/mol. The van der Waals surface area contributed by atoms with Gasteiger partial charge in [-0.1, -0.05) is 6.92 Å².